The van der Waals surface area contributed by atoms with Crippen molar-refractivity contribution < 1.29 is 4.79 Å². The molecular formula is C22H30N4O. The summed E-state index contributed by atoms with van der Waals surface area (Å²) >= 11 is 0. The average molecular weight is 367 g/mol. The van der Waals surface area contributed by atoms with Gasteiger partial charge in [-0.3, -0.25) is 9.69 Å². The number of nitrogens with zero attached hydrogens (tertiary/aromatic N) is 3. The Hall–Kier alpha value is -2.27. The molecule has 1 amide bonds. The number of rotatable bonds is 6. The van der Waals surface area contributed by atoms with Gasteiger partial charge in [0, 0.05) is 24.9 Å². The molecule has 2 heterocycles. The van der Waals surface area contributed by atoms with Gasteiger partial charge in [0.1, 0.15) is 5.82 Å². The summed E-state index contributed by atoms with van der Waals surface area (Å²) in [7, 11) is 0. The number of amides is 1. The van der Waals surface area contributed by atoms with Crippen molar-refractivity contribution >= 4 is 5.91 Å². The molecule has 1 saturated heterocycles. The molecule has 2 aromatic rings. The Balaban J connectivity index is 1.69. The van der Waals surface area contributed by atoms with E-state index in [4.69, 9.17) is 0 Å². The number of benzene rings is 1. The van der Waals surface area contributed by atoms with Gasteiger partial charge in [0.2, 0.25) is 0 Å². The molecule has 0 unspecified atom stereocenters. The van der Waals surface area contributed by atoms with Crippen LogP contribution in [0.2, 0.25) is 0 Å². The van der Waals surface area contributed by atoms with Crippen LogP contribution in [0.1, 0.15) is 73.2 Å². The molecule has 1 aliphatic rings. The zero-order valence-electron chi connectivity index (χ0n) is 16.4. The minimum Gasteiger partial charge on any atom is -0.350 e. The maximum absolute atomic E-state index is 12.6. The van der Waals surface area contributed by atoms with Crippen LogP contribution in [-0.4, -0.2) is 40.4 Å². The highest BCUT2D eigenvalue weighted by atomic mass is 16.1. The topological polar surface area (TPSA) is 58.1 Å². The maximum Gasteiger partial charge on any atom is 0.254 e. The lowest BCUT2D eigenvalue weighted by Crippen LogP contribution is -2.38. The van der Waals surface area contributed by atoms with Gasteiger partial charge in [-0.2, -0.15) is 0 Å². The van der Waals surface area contributed by atoms with Gasteiger partial charge in [-0.15, -0.1) is 0 Å². The quantitative estimate of drug-likeness (QED) is 0.841. The minimum atomic E-state index is -0.110. The van der Waals surface area contributed by atoms with E-state index in [0.29, 0.717) is 12.1 Å². The van der Waals surface area contributed by atoms with Crippen molar-refractivity contribution in [3.05, 3.63) is 59.7 Å². The monoisotopic (exact) mass is 366 g/mol. The van der Waals surface area contributed by atoms with Crippen molar-refractivity contribution in [2.24, 2.45) is 0 Å². The van der Waals surface area contributed by atoms with E-state index in [1.54, 1.807) is 12.4 Å². The van der Waals surface area contributed by atoms with Crippen LogP contribution < -0.4 is 5.32 Å². The van der Waals surface area contributed by atoms with Gasteiger partial charge in [-0.1, -0.05) is 57.0 Å². The molecule has 0 aliphatic carbocycles. The van der Waals surface area contributed by atoms with Crippen LogP contribution in [0.15, 0.2) is 42.7 Å². The van der Waals surface area contributed by atoms with Crippen LogP contribution in [0.3, 0.4) is 0 Å². The lowest BCUT2D eigenvalue weighted by molar-refractivity contribution is 0.0932. The lowest BCUT2D eigenvalue weighted by atomic mass is 10.0. The molecular weight excluding hydrogens is 336 g/mol. The molecule has 0 saturated carbocycles. The van der Waals surface area contributed by atoms with Gasteiger partial charge in [0.15, 0.2) is 0 Å². The Bertz CT molecular complexity index is 707. The Morgan fingerprint density at radius 2 is 1.67 bits per heavy atom. The Kier molecular flexibility index (Phi) is 6.93. The number of aromatic nitrogens is 2. The van der Waals surface area contributed by atoms with Crippen molar-refractivity contribution in [2.75, 3.05) is 19.6 Å². The maximum atomic E-state index is 12.6. The molecule has 27 heavy (non-hydrogen) atoms. The second kappa shape index (κ2) is 9.60. The summed E-state index contributed by atoms with van der Waals surface area (Å²) in [5.41, 5.74) is 1.77. The van der Waals surface area contributed by atoms with E-state index in [0.717, 1.165) is 18.9 Å². The highest BCUT2D eigenvalue weighted by molar-refractivity contribution is 5.93. The second-order valence-electron chi connectivity index (χ2n) is 7.57. The molecule has 0 spiro atoms. The molecule has 1 aromatic carbocycles. The molecule has 5 heteroatoms. The van der Waals surface area contributed by atoms with Gasteiger partial charge < -0.3 is 5.32 Å². The zero-order valence-corrected chi connectivity index (χ0v) is 16.4. The Morgan fingerprint density at radius 3 is 2.26 bits per heavy atom. The van der Waals surface area contributed by atoms with Gasteiger partial charge in [-0.25, -0.2) is 9.97 Å². The normalized spacial score (nSPS) is 16.7. The third kappa shape index (κ3) is 5.36. The lowest BCUT2D eigenvalue weighted by Gasteiger charge is -2.31. The van der Waals surface area contributed by atoms with Crippen LogP contribution >= 0.6 is 0 Å². The molecule has 1 N–H and O–H groups in total. The third-order valence-electron chi connectivity index (χ3n) is 5.17. The number of hydrogen-bond donors (Lipinski definition) is 1. The van der Waals surface area contributed by atoms with E-state index >= 15 is 0 Å². The number of hydrogen-bond acceptors (Lipinski definition) is 4. The summed E-state index contributed by atoms with van der Waals surface area (Å²) in [6.07, 6.45) is 8.29. The zero-order chi connectivity index (χ0) is 19.1. The summed E-state index contributed by atoms with van der Waals surface area (Å²) in [5.74, 6) is 0.909. The fourth-order valence-electron chi connectivity index (χ4n) is 3.58. The predicted octanol–water partition coefficient (Wildman–Crippen LogP) is 3.95. The van der Waals surface area contributed by atoms with E-state index in [1.165, 1.54) is 31.2 Å². The van der Waals surface area contributed by atoms with Crippen molar-refractivity contribution in [1.82, 2.24) is 20.2 Å². The van der Waals surface area contributed by atoms with Crippen LogP contribution in [0.4, 0.5) is 0 Å². The fraction of sp³-hybridized carbons (Fsp3) is 0.500. The van der Waals surface area contributed by atoms with Crippen LogP contribution in [-0.2, 0) is 0 Å². The van der Waals surface area contributed by atoms with Crippen LogP contribution in [0, 0.1) is 0 Å². The summed E-state index contributed by atoms with van der Waals surface area (Å²) in [6, 6.07) is 10.7. The van der Waals surface area contributed by atoms with Gasteiger partial charge in [0.05, 0.1) is 11.6 Å². The fourth-order valence-corrected chi connectivity index (χ4v) is 3.58. The van der Waals surface area contributed by atoms with E-state index in [-0.39, 0.29) is 17.9 Å². The molecule has 1 atom stereocenters. The van der Waals surface area contributed by atoms with E-state index in [2.05, 4.69) is 44.5 Å². The van der Waals surface area contributed by atoms with Crippen molar-refractivity contribution in [1.29, 1.82) is 0 Å². The smallest absolute Gasteiger partial charge is 0.254 e. The van der Waals surface area contributed by atoms with Crippen LogP contribution in [0.5, 0.6) is 0 Å². The first kappa shape index (κ1) is 19.5. The van der Waals surface area contributed by atoms with Gasteiger partial charge in [0.25, 0.3) is 5.91 Å². The number of carbonyl (C=O) groups excluding carboxylic acids is 1. The average Bonchev–Trinajstić information content (AvgIpc) is 2.98. The molecule has 1 fully saturated rings. The molecule has 0 radical (unpaired) electrons. The SMILES string of the molecule is CC(C)c1ncc(C(=O)NC[C@@H](c2ccccc2)N2CCCCCC2)cn1. The molecule has 1 aliphatic heterocycles. The molecule has 144 valence electrons. The highest BCUT2D eigenvalue weighted by Gasteiger charge is 2.22. The van der Waals surface area contributed by atoms with E-state index < -0.39 is 0 Å². The largest absolute Gasteiger partial charge is 0.350 e. The van der Waals surface area contributed by atoms with Gasteiger partial charge in [-0.05, 0) is 31.5 Å². The Morgan fingerprint density at radius 1 is 1.04 bits per heavy atom. The molecule has 0 bridgehead atoms. The van der Waals surface area contributed by atoms with Crippen molar-refractivity contribution in [3.8, 4) is 0 Å². The van der Waals surface area contributed by atoms with Crippen LogP contribution in [0.25, 0.3) is 0 Å². The highest BCUT2D eigenvalue weighted by Crippen LogP contribution is 2.23. The van der Waals surface area contributed by atoms with Crippen molar-refractivity contribution in [3.63, 3.8) is 0 Å². The summed E-state index contributed by atoms with van der Waals surface area (Å²) < 4.78 is 0. The molecule has 5 nitrogen and oxygen atoms in total. The molecule has 3 rings (SSSR count). The Labute approximate surface area is 162 Å². The second-order valence-corrected chi connectivity index (χ2v) is 7.57. The number of carbonyl (C=O) groups is 1. The first-order chi connectivity index (χ1) is 13.1. The first-order valence-electron chi connectivity index (χ1n) is 10.0. The van der Waals surface area contributed by atoms with E-state index in [1.807, 2.05) is 19.9 Å². The predicted molar refractivity (Wildman–Crippen MR) is 108 cm³/mol. The van der Waals surface area contributed by atoms with E-state index in [9.17, 15) is 4.79 Å². The van der Waals surface area contributed by atoms with Crippen molar-refractivity contribution in [2.45, 2.75) is 51.5 Å². The van der Waals surface area contributed by atoms with Gasteiger partial charge >= 0.3 is 0 Å². The minimum absolute atomic E-state index is 0.110. The standard InChI is InChI=1S/C22H30N4O/c1-17(2)21-23-14-19(15-24-21)22(27)25-16-20(18-10-6-5-7-11-18)26-12-8-3-4-9-13-26/h5-7,10-11,14-15,17,20H,3-4,8-9,12-13,16H2,1-2H3,(H,25,27)/t20-/m0/s1. The third-order valence-corrected chi connectivity index (χ3v) is 5.17. The molecule has 1 aromatic heterocycles. The summed E-state index contributed by atoms with van der Waals surface area (Å²) in [6.45, 7) is 6.85. The number of likely N-dealkylation sites (tertiary alicyclic amines) is 1. The summed E-state index contributed by atoms with van der Waals surface area (Å²) in [5, 5.41) is 3.10. The summed E-state index contributed by atoms with van der Waals surface area (Å²) in [4.78, 5) is 23.7. The number of nitrogens with one attached hydrogen (secondary N) is 1. The first-order valence-corrected chi connectivity index (χ1v) is 10.0.